The van der Waals surface area contributed by atoms with E-state index in [1.165, 1.54) is 22.3 Å². The lowest BCUT2D eigenvalue weighted by atomic mass is 9.98. The third-order valence-electron chi connectivity index (χ3n) is 5.86. The summed E-state index contributed by atoms with van der Waals surface area (Å²) in [5, 5.41) is 0. The number of hydrogen-bond acceptors (Lipinski definition) is 3. The van der Waals surface area contributed by atoms with Gasteiger partial charge in [-0.25, -0.2) is 4.79 Å². The first-order chi connectivity index (χ1) is 15.1. The second-order valence-corrected chi connectivity index (χ2v) is 8.22. The van der Waals surface area contributed by atoms with Gasteiger partial charge in [-0.1, -0.05) is 98.0 Å². The first kappa shape index (κ1) is 21.1. The third-order valence-corrected chi connectivity index (χ3v) is 6.13. The van der Waals surface area contributed by atoms with Crippen LogP contribution in [0.2, 0.25) is 0 Å². The quantitative estimate of drug-likeness (QED) is 0.503. The molecule has 2 N–H and O–H groups in total. The van der Waals surface area contributed by atoms with E-state index in [0.717, 1.165) is 5.56 Å². The largest absolute Gasteiger partial charge is 0.448 e. The van der Waals surface area contributed by atoms with Crippen molar-refractivity contribution in [3.8, 4) is 11.1 Å². The Morgan fingerprint density at radius 2 is 1.52 bits per heavy atom. The minimum absolute atomic E-state index is 0.0137. The highest BCUT2D eigenvalue weighted by molar-refractivity contribution is 7.80. The molecule has 3 aromatic rings. The van der Waals surface area contributed by atoms with Gasteiger partial charge in [0.1, 0.15) is 6.61 Å². The lowest BCUT2D eigenvalue weighted by molar-refractivity contribution is 0.0900. The van der Waals surface area contributed by atoms with Crippen molar-refractivity contribution in [3.63, 3.8) is 0 Å². The van der Waals surface area contributed by atoms with Gasteiger partial charge in [0.05, 0.1) is 11.0 Å². The first-order valence-corrected chi connectivity index (χ1v) is 11.0. The van der Waals surface area contributed by atoms with Crippen LogP contribution in [0.4, 0.5) is 4.79 Å². The van der Waals surface area contributed by atoms with E-state index in [1.807, 2.05) is 61.5 Å². The smallest absolute Gasteiger partial charge is 0.410 e. The average Bonchev–Trinajstić information content (AvgIpc) is 3.11. The summed E-state index contributed by atoms with van der Waals surface area (Å²) in [5.41, 5.74) is 11.8. The minimum Gasteiger partial charge on any atom is -0.448 e. The van der Waals surface area contributed by atoms with Gasteiger partial charge >= 0.3 is 6.09 Å². The van der Waals surface area contributed by atoms with E-state index < -0.39 is 6.09 Å². The summed E-state index contributed by atoms with van der Waals surface area (Å²) in [6.07, 6.45) is 0.234. The molecule has 1 aliphatic carbocycles. The second kappa shape index (κ2) is 9.31. The van der Waals surface area contributed by atoms with Gasteiger partial charge in [-0.05, 0) is 34.2 Å². The zero-order chi connectivity index (χ0) is 21.8. The number of ether oxygens (including phenoxy) is 1. The summed E-state index contributed by atoms with van der Waals surface area (Å²) in [6.45, 7) is 2.64. The fourth-order valence-electron chi connectivity index (χ4n) is 4.33. The van der Waals surface area contributed by atoms with Crippen LogP contribution < -0.4 is 5.73 Å². The predicted molar refractivity (Wildman–Crippen MR) is 128 cm³/mol. The summed E-state index contributed by atoms with van der Waals surface area (Å²) in [5.74, 6) is 0.0137. The van der Waals surface area contributed by atoms with Crippen LogP contribution in [-0.2, 0) is 11.3 Å². The molecule has 0 fully saturated rings. The van der Waals surface area contributed by atoms with Crippen molar-refractivity contribution < 1.29 is 9.53 Å². The van der Waals surface area contributed by atoms with Crippen molar-refractivity contribution in [2.24, 2.45) is 5.73 Å². The van der Waals surface area contributed by atoms with Crippen LogP contribution in [-0.4, -0.2) is 28.6 Å². The van der Waals surface area contributed by atoms with Crippen molar-refractivity contribution >= 4 is 23.3 Å². The van der Waals surface area contributed by atoms with Gasteiger partial charge in [0.15, 0.2) is 0 Å². The summed E-state index contributed by atoms with van der Waals surface area (Å²) < 4.78 is 5.88. The fourth-order valence-corrected chi connectivity index (χ4v) is 4.63. The van der Waals surface area contributed by atoms with Crippen molar-refractivity contribution in [1.82, 2.24) is 4.90 Å². The zero-order valence-corrected chi connectivity index (χ0v) is 18.3. The highest BCUT2D eigenvalue weighted by atomic mass is 32.1. The van der Waals surface area contributed by atoms with Crippen LogP contribution in [0.3, 0.4) is 0 Å². The number of benzene rings is 3. The molecule has 0 heterocycles. The Labute approximate surface area is 188 Å². The van der Waals surface area contributed by atoms with Gasteiger partial charge in [-0.2, -0.15) is 0 Å². The van der Waals surface area contributed by atoms with E-state index in [1.54, 1.807) is 4.90 Å². The number of carbonyl (C=O) groups excluding carboxylic acids is 1. The zero-order valence-electron chi connectivity index (χ0n) is 17.5. The monoisotopic (exact) mass is 430 g/mol. The van der Waals surface area contributed by atoms with Gasteiger partial charge < -0.3 is 10.5 Å². The fraction of sp³-hybridized carbons (Fsp3) is 0.231. The standard InChI is InChI=1S/C26H26N2O2S/c1-2-24(25(27)31)28(16-18-10-4-3-5-11-18)26(29)30-17-23-21-14-8-6-12-19(21)20-13-7-9-15-22(20)23/h3-15,23-24H,2,16-17H2,1H3,(H2,27,31). The Kier molecular flexibility index (Phi) is 6.33. The molecule has 4 nitrogen and oxygen atoms in total. The van der Waals surface area contributed by atoms with E-state index in [4.69, 9.17) is 22.7 Å². The van der Waals surface area contributed by atoms with Gasteiger partial charge in [0.2, 0.25) is 0 Å². The number of fused-ring (bicyclic) bond motifs is 3. The maximum atomic E-state index is 13.2. The van der Waals surface area contributed by atoms with Crippen LogP contribution in [0.15, 0.2) is 78.9 Å². The third kappa shape index (κ3) is 4.32. The summed E-state index contributed by atoms with van der Waals surface area (Å²) in [7, 11) is 0. The number of nitrogens with zero attached hydrogens (tertiary/aromatic N) is 1. The molecule has 1 unspecified atom stereocenters. The van der Waals surface area contributed by atoms with Crippen molar-refractivity contribution in [2.45, 2.75) is 31.8 Å². The maximum absolute atomic E-state index is 13.2. The molecule has 1 amide bonds. The number of rotatable bonds is 7. The number of carbonyl (C=O) groups is 1. The summed E-state index contributed by atoms with van der Waals surface area (Å²) >= 11 is 5.25. The molecule has 0 aliphatic heterocycles. The van der Waals surface area contributed by atoms with Crippen molar-refractivity contribution in [2.75, 3.05) is 6.61 Å². The molecule has 0 spiro atoms. The Morgan fingerprint density at radius 3 is 2.06 bits per heavy atom. The van der Waals surface area contributed by atoms with Gasteiger partial charge in [0.25, 0.3) is 0 Å². The van der Waals surface area contributed by atoms with Crippen LogP contribution in [0, 0.1) is 0 Å². The molecular weight excluding hydrogens is 404 g/mol. The molecule has 0 saturated heterocycles. The highest BCUT2D eigenvalue weighted by Gasteiger charge is 2.31. The van der Waals surface area contributed by atoms with E-state index in [2.05, 4.69) is 24.3 Å². The van der Waals surface area contributed by atoms with Crippen LogP contribution in [0.25, 0.3) is 11.1 Å². The number of nitrogens with two attached hydrogens (primary N) is 1. The normalized spacial score (nSPS) is 13.2. The van der Waals surface area contributed by atoms with Gasteiger partial charge in [-0.3, -0.25) is 4.90 Å². The van der Waals surface area contributed by atoms with E-state index in [-0.39, 0.29) is 18.6 Å². The molecule has 0 radical (unpaired) electrons. The van der Waals surface area contributed by atoms with E-state index in [9.17, 15) is 4.79 Å². The number of amides is 1. The second-order valence-electron chi connectivity index (χ2n) is 7.74. The molecular formula is C26H26N2O2S. The van der Waals surface area contributed by atoms with Crippen LogP contribution >= 0.6 is 12.2 Å². The van der Waals surface area contributed by atoms with Gasteiger partial charge in [0, 0.05) is 12.5 Å². The Morgan fingerprint density at radius 1 is 0.968 bits per heavy atom. The first-order valence-electron chi connectivity index (χ1n) is 10.5. The molecule has 1 aliphatic rings. The highest BCUT2D eigenvalue weighted by Crippen LogP contribution is 2.44. The topological polar surface area (TPSA) is 55.6 Å². The van der Waals surface area contributed by atoms with Crippen molar-refractivity contribution in [1.29, 1.82) is 0 Å². The van der Waals surface area contributed by atoms with Crippen LogP contribution in [0.1, 0.15) is 36.0 Å². The van der Waals surface area contributed by atoms with E-state index in [0.29, 0.717) is 18.0 Å². The Bertz CT molecular complexity index is 1040. The van der Waals surface area contributed by atoms with Gasteiger partial charge in [-0.15, -0.1) is 0 Å². The lowest BCUT2D eigenvalue weighted by Crippen LogP contribution is -2.46. The molecule has 0 aromatic heterocycles. The van der Waals surface area contributed by atoms with E-state index >= 15 is 0 Å². The van der Waals surface area contributed by atoms with Crippen LogP contribution in [0.5, 0.6) is 0 Å². The lowest BCUT2D eigenvalue weighted by Gasteiger charge is -2.30. The number of thiocarbonyl (C=S) groups is 1. The SMILES string of the molecule is CCC(C(N)=S)N(Cc1ccccc1)C(=O)OCC1c2ccccc2-c2ccccc21. The predicted octanol–water partition coefficient (Wildman–Crippen LogP) is 5.50. The summed E-state index contributed by atoms with van der Waals surface area (Å²) in [4.78, 5) is 15.2. The Balaban J connectivity index is 1.56. The molecule has 158 valence electrons. The molecule has 1 atom stereocenters. The molecule has 31 heavy (non-hydrogen) atoms. The Hall–Kier alpha value is -3.18. The molecule has 0 saturated carbocycles. The minimum atomic E-state index is -0.398. The maximum Gasteiger partial charge on any atom is 0.410 e. The number of hydrogen-bond donors (Lipinski definition) is 1. The van der Waals surface area contributed by atoms with Crippen molar-refractivity contribution in [3.05, 3.63) is 95.6 Å². The average molecular weight is 431 g/mol. The molecule has 5 heteroatoms. The molecule has 4 rings (SSSR count). The molecule has 0 bridgehead atoms. The molecule has 3 aromatic carbocycles. The summed E-state index contributed by atoms with van der Waals surface area (Å²) in [6, 6.07) is 26.1.